The molecule has 0 aliphatic carbocycles. The van der Waals surface area contributed by atoms with E-state index in [0.717, 1.165) is 16.9 Å². The maximum atomic E-state index is 11.8. The van der Waals surface area contributed by atoms with Gasteiger partial charge >= 0.3 is 0 Å². The Labute approximate surface area is 145 Å². The molecule has 0 saturated carbocycles. The molecule has 0 fully saturated rings. The Morgan fingerprint density at radius 2 is 1.68 bits per heavy atom. The van der Waals surface area contributed by atoms with Gasteiger partial charge in [-0.2, -0.15) is 0 Å². The highest BCUT2D eigenvalue weighted by molar-refractivity contribution is 14.1. The van der Waals surface area contributed by atoms with E-state index in [1.807, 2.05) is 67.5 Å². The van der Waals surface area contributed by atoms with Gasteiger partial charge in [0, 0.05) is 35.6 Å². The molecule has 116 valence electrons. The third-order valence-electron chi connectivity index (χ3n) is 3.24. The molecular formula is C17H20IN3O. The minimum absolute atomic E-state index is 0.0183. The molecule has 1 amide bonds. The number of hydrogen-bond acceptors (Lipinski definition) is 3. The first-order chi connectivity index (χ1) is 10.5. The molecule has 0 atom stereocenters. The van der Waals surface area contributed by atoms with Gasteiger partial charge in [-0.1, -0.05) is 12.1 Å². The SMILES string of the molecule is CN(C)c1ccc(CNC(=O)CNc2ccc(I)cc2)cc1. The smallest absolute Gasteiger partial charge is 0.239 e. The van der Waals surface area contributed by atoms with Crippen LogP contribution in [0.15, 0.2) is 48.5 Å². The molecule has 0 aliphatic heterocycles. The Morgan fingerprint density at radius 1 is 1.05 bits per heavy atom. The Bertz CT molecular complexity index is 609. The number of nitrogens with one attached hydrogen (secondary N) is 2. The van der Waals surface area contributed by atoms with E-state index >= 15 is 0 Å². The van der Waals surface area contributed by atoms with Gasteiger partial charge in [0.25, 0.3) is 0 Å². The lowest BCUT2D eigenvalue weighted by atomic mass is 10.2. The van der Waals surface area contributed by atoms with Crippen LogP contribution in [-0.2, 0) is 11.3 Å². The van der Waals surface area contributed by atoms with Crippen molar-refractivity contribution in [1.29, 1.82) is 0 Å². The lowest BCUT2D eigenvalue weighted by molar-refractivity contribution is -0.119. The van der Waals surface area contributed by atoms with Crippen LogP contribution in [0.2, 0.25) is 0 Å². The summed E-state index contributed by atoms with van der Waals surface area (Å²) in [6.45, 7) is 0.817. The minimum atomic E-state index is -0.0183. The van der Waals surface area contributed by atoms with Crippen molar-refractivity contribution in [3.63, 3.8) is 0 Å². The minimum Gasteiger partial charge on any atom is -0.378 e. The average molecular weight is 409 g/mol. The summed E-state index contributed by atoms with van der Waals surface area (Å²) in [7, 11) is 4.01. The van der Waals surface area contributed by atoms with Crippen molar-refractivity contribution >= 4 is 39.9 Å². The van der Waals surface area contributed by atoms with E-state index in [2.05, 4.69) is 33.2 Å². The fraction of sp³-hybridized carbons (Fsp3) is 0.235. The molecule has 0 bridgehead atoms. The molecule has 2 aromatic rings. The van der Waals surface area contributed by atoms with Crippen molar-refractivity contribution in [2.45, 2.75) is 6.54 Å². The van der Waals surface area contributed by atoms with Gasteiger partial charge in [-0.3, -0.25) is 4.79 Å². The first-order valence-corrected chi connectivity index (χ1v) is 8.15. The van der Waals surface area contributed by atoms with Crippen LogP contribution in [0.5, 0.6) is 0 Å². The standard InChI is InChI=1S/C17H20IN3O/c1-21(2)16-9-3-13(4-10-16)11-20-17(22)12-19-15-7-5-14(18)6-8-15/h3-10,19H,11-12H2,1-2H3,(H,20,22). The number of carbonyl (C=O) groups is 1. The summed E-state index contributed by atoms with van der Waals surface area (Å²) in [5, 5.41) is 6.02. The van der Waals surface area contributed by atoms with Gasteiger partial charge in [0.1, 0.15) is 0 Å². The molecule has 2 rings (SSSR count). The summed E-state index contributed by atoms with van der Waals surface area (Å²) in [4.78, 5) is 13.9. The number of hydrogen-bond donors (Lipinski definition) is 2. The Morgan fingerprint density at radius 3 is 2.27 bits per heavy atom. The van der Waals surface area contributed by atoms with Crippen LogP contribution in [0.25, 0.3) is 0 Å². The highest BCUT2D eigenvalue weighted by atomic mass is 127. The summed E-state index contributed by atoms with van der Waals surface area (Å²) in [6.07, 6.45) is 0. The summed E-state index contributed by atoms with van der Waals surface area (Å²) in [6, 6.07) is 16.1. The van der Waals surface area contributed by atoms with Gasteiger partial charge in [-0.15, -0.1) is 0 Å². The first-order valence-electron chi connectivity index (χ1n) is 7.07. The maximum absolute atomic E-state index is 11.8. The number of benzene rings is 2. The fourth-order valence-electron chi connectivity index (χ4n) is 1.93. The van der Waals surface area contributed by atoms with Crippen molar-refractivity contribution in [2.24, 2.45) is 0 Å². The number of rotatable bonds is 6. The van der Waals surface area contributed by atoms with Crippen molar-refractivity contribution in [1.82, 2.24) is 5.32 Å². The number of anilines is 2. The first kappa shape index (κ1) is 16.6. The molecule has 0 aromatic heterocycles. The highest BCUT2D eigenvalue weighted by Crippen LogP contribution is 2.12. The lowest BCUT2D eigenvalue weighted by Gasteiger charge is -2.13. The second-order valence-electron chi connectivity index (χ2n) is 5.20. The number of halogens is 1. The second-order valence-corrected chi connectivity index (χ2v) is 6.44. The Hall–Kier alpha value is -1.76. The van der Waals surface area contributed by atoms with Gasteiger partial charge < -0.3 is 15.5 Å². The number of nitrogens with zero attached hydrogens (tertiary/aromatic N) is 1. The summed E-state index contributed by atoms with van der Waals surface area (Å²) in [5.74, 6) is -0.0183. The molecule has 22 heavy (non-hydrogen) atoms. The molecular weight excluding hydrogens is 389 g/mol. The van der Waals surface area contributed by atoms with Crippen molar-refractivity contribution in [3.8, 4) is 0 Å². The molecule has 0 heterocycles. The zero-order valence-corrected chi connectivity index (χ0v) is 14.9. The van der Waals surface area contributed by atoms with Crippen LogP contribution in [0, 0.1) is 3.57 Å². The number of amides is 1. The summed E-state index contributed by atoms with van der Waals surface area (Å²) < 4.78 is 1.17. The molecule has 0 aliphatic rings. The van der Waals surface area contributed by atoms with Gasteiger partial charge in [0.15, 0.2) is 0 Å². The van der Waals surface area contributed by atoms with Crippen LogP contribution in [0.3, 0.4) is 0 Å². The van der Waals surface area contributed by atoms with Crippen LogP contribution in [0.4, 0.5) is 11.4 Å². The molecule has 4 nitrogen and oxygen atoms in total. The second kappa shape index (κ2) is 8.03. The maximum Gasteiger partial charge on any atom is 0.239 e. The van der Waals surface area contributed by atoms with Crippen LogP contribution < -0.4 is 15.5 Å². The molecule has 2 aromatic carbocycles. The van der Waals surface area contributed by atoms with E-state index in [1.165, 1.54) is 3.57 Å². The van der Waals surface area contributed by atoms with Crippen LogP contribution >= 0.6 is 22.6 Å². The van der Waals surface area contributed by atoms with Crippen molar-refractivity contribution in [3.05, 3.63) is 57.7 Å². The third kappa shape index (κ3) is 5.22. The van der Waals surface area contributed by atoms with E-state index in [0.29, 0.717) is 6.54 Å². The highest BCUT2D eigenvalue weighted by Gasteiger charge is 2.02. The normalized spacial score (nSPS) is 10.1. The van der Waals surface area contributed by atoms with E-state index < -0.39 is 0 Å². The van der Waals surface area contributed by atoms with Gasteiger partial charge in [0.2, 0.25) is 5.91 Å². The molecule has 0 spiro atoms. The Balaban J connectivity index is 1.76. The molecule has 0 unspecified atom stereocenters. The Kier molecular flexibility index (Phi) is 6.06. The molecule has 5 heteroatoms. The summed E-state index contributed by atoms with van der Waals surface area (Å²) >= 11 is 2.25. The van der Waals surface area contributed by atoms with Gasteiger partial charge in [-0.05, 0) is 64.6 Å². The van der Waals surface area contributed by atoms with Crippen LogP contribution in [-0.4, -0.2) is 26.5 Å². The zero-order chi connectivity index (χ0) is 15.9. The van der Waals surface area contributed by atoms with E-state index in [4.69, 9.17) is 0 Å². The van der Waals surface area contributed by atoms with Crippen molar-refractivity contribution in [2.75, 3.05) is 30.9 Å². The van der Waals surface area contributed by atoms with Gasteiger partial charge in [-0.25, -0.2) is 0 Å². The van der Waals surface area contributed by atoms with E-state index in [1.54, 1.807) is 0 Å². The monoisotopic (exact) mass is 409 g/mol. The van der Waals surface area contributed by atoms with Crippen LogP contribution in [0.1, 0.15) is 5.56 Å². The quantitative estimate of drug-likeness (QED) is 0.721. The predicted octanol–water partition coefficient (Wildman–Crippen LogP) is 3.09. The lowest BCUT2D eigenvalue weighted by Crippen LogP contribution is -2.29. The summed E-state index contributed by atoms with van der Waals surface area (Å²) in [5.41, 5.74) is 3.19. The fourth-order valence-corrected chi connectivity index (χ4v) is 2.28. The third-order valence-corrected chi connectivity index (χ3v) is 3.96. The number of carbonyl (C=O) groups excluding carboxylic acids is 1. The molecule has 2 N–H and O–H groups in total. The van der Waals surface area contributed by atoms with Gasteiger partial charge in [0.05, 0.1) is 6.54 Å². The zero-order valence-electron chi connectivity index (χ0n) is 12.8. The predicted molar refractivity (Wildman–Crippen MR) is 100 cm³/mol. The van der Waals surface area contributed by atoms with E-state index in [9.17, 15) is 4.79 Å². The molecule has 0 radical (unpaired) electrons. The topological polar surface area (TPSA) is 44.4 Å². The van der Waals surface area contributed by atoms with E-state index in [-0.39, 0.29) is 12.5 Å². The average Bonchev–Trinajstić information content (AvgIpc) is 2.52. The largest absolute Gasteiger partial charge is 0.378 e. The molecule has 0 saturated heterocycles. The van der Waals surface area contributed by atoms with Crippen molar-refractivity contribution < 1.29 is 4.79 Å².